The molecule has 4 nitrogen and oxygen atoms in total. The lowest BCUT2D eigenvalue weighted by atomic mass is 10.1. The quantitative estimate of drug-likeness (QED) is 0.816. The highest BCUT2D eigenvalue weighted by Gasteiger charge is 2.21. The molecule has 1 aliphatic carbocycles. The summed E-state index contributed by atoms with van der Waals surface area (Å²) in [6.45, 7) is 2.14. The van der Waals surface area contributed by atoms with Gasteiger partial charge in [0, 0.05) is 12.6 Å². The average Bonchev–Trinajstić information content (AvgIpc) is 3.20. The maximum atomic E-state index is 11.6. The SMILES string of the molecule is CCS(=O)(=O)c1ccc(C(O)CNC2CC2)cc1. The fourth-order valence-electron chi connectivity index (χ4n) is 1.75. The predicted molar refractivity (Wildman–Crippen MR) is 70.2 cm³/mol. The van der Waals surface area contributed by atoms with Crippen LogP contribution in [0.5, 0.6) is 0 Å². The number of hydrogen-bond donors (Lipinski definition) is 2. The summed E-state index contributed by atoms with van der Waals surface area (Å²) in [5.74, 6) is 0.0954. The van der Waals surface area contributed by atoms with Gasteiger partial charge in [0.2, 0.25) is 0 Å². The average molecular weight is 269 g/mol. The van der Waals surface area contributed by atoms with Gasteiger partial charge in [0.1, 0.15) is 0 Å². The highest BCUT2D eigenvalue weighted by atomic mass is 32.2. The smallest absolute Gasteiger partial charge is 0.178 e. The van der Waals surface area contributed by atoms with E-state index in [2.05, 4.69) is 5.32 Å². The molecule has 0 heterocycles. The first-order valence-corrected chi connectivity index (χ1v) is 7.92. The van der Waals surface area contributed by atoms with E-state index in [4.69, 9.17) is 0 Å². The Hall–Kier alpha value is -0.910. The van der Waals surface area contributed by atoms with Gasteiger partial charge < -0.3 is 10.4 Å². The van der Waals surface area contributed by atoms with E-state index in [-0.39, 0.29) is 5.75 Å². The molecule has 2 rings (SSSR count). The lowest BCUT2D eigenvalue weighted by Gasteiger charge is -2.12. The molecule has 0 bridgehead atoms. The van der Waals surface area contributed by atoms with Crippen molar-refractivity contribution in [3.63, 3.8) is 0 Å². The van der Waals surface area contributed by atoms with Crippen molar-refractivity contribution in [2.45, 2.75) is 36.8 Å². The fourth-order valence-corrected chi connectivity index (χ4v) is 2.63. The Bertz CT molecular complexity index is 491. The van der Waals surface area contributed by atoms with Gasteiger partial charge in [0.25, 0.3) is 0 Å². The van der Waals surface area contributed by atoms with Crippen LogP contribution in [0.25, 0.3) is 0 Å². The summed E-state index contributed by atoms with van der Waals surface area (Å²) in [5.41, 5.74) is 0.748. The molecule has 0 amide bonds. The first-order valence-electron chi connectivity index (χ1n) is 6.27. The summed E-state index contributed by atoms with van der Waals surface area (Å²) in [4.78, 5) is 0.316. The van der Waals surface area contributed by atoms with Crippen molar-refractivity contribution in [3.8, 4) is 0 Å². The molecule has 1 aliphatic rings. The third-order valence-corrected chi connectivity index (χ3v) is 4.93. The van der Waals surface area contributed by atoms with Crippen molar-refractivity contribution in [1.29, 1.82) is 0 Å². The largest absolute Gasteiger partial charge is 0.387 e. The van der Waals surface area contributed by atoms with E-state index < -0.39 is 15.9 Å². The molecule has 5 heteroatoms. The minimum absolute atomic E-state index is 0.0954. The van der Waals surface area contributed by atoms with Gasteiger partial charge in [-0.15, -0.1) is 0 Å². The molecule has 0 aromatic heterocycles. The zero-order valence-corrected chi connectivity index (χ0v) is 11.3. The van der Waals surface area contributed by atoms with Crippen LogP contribution in [0.15, 0.2) is 29.2 Å². The second-order valence-corrected chi connectivity index (χ2v) is 6.95. The summed E-state index contributed by atoms with van der Waals surface area (Å²) >= 11 is 0. The topological polar surface area (TPSA) is 66.4 Å². The highest BCUT2D eigenvalue weighted by Crippen LogP contribution is 2.21. The molecule has 0 radical (unpaired) electrons. The first-order chi connectivity index (χ1) is 8.53. The summed E-state index contributed by atoms with van der Waals surface area (Å²) in [6.07, 6.45) is 1.78. The van der Waals surface area contributed by atoms with Crippen molar-refractivity contribution >= 4 is 9.84 Å². The van der Waals surface area contributed by atoms with Crippen molar-refractivity contribution in [1.82, 2.24) is 5.32 Å². The molecular formula is C13H19NO3S. The Morgan fingerprint density at radius 3 is 2.44 bits per heavy atom. The fraction of sp³-hybridized carbons (Fsp3) is 0.538. The van der Waals surface area contributed by atoms with Crippen molar-refractivity contribution in [2.24, 2.45) is 0 Å². The highest BCUT2D eigenvalue weighted by molar-refractivity contribution is 7.91. The molecule has 0 saturated heterocycles. The molecule has 1 saturated carbocycles. The van der Waals surface area contributed by atoms with Crippen LogP contribution < -0.4 is 5.32 Å². The van der Waals surface area contributed by atoms with Crippen molar-refractivity contribution in [2.75, 3.05) is 12.3 Å². The van der Waals surface area contributed by atoms with Gasteiger partial charge in [-0.25, -0.2) is 8.42 Å². The van der Waals surface area contributed by atoms with E-state index in [1.54, 1.807) is 31.2 Å². The maximum Gasteiger partial charge on any atom is 0.178 e. The normalized spacial score (nSPS) is 17.7. The van der Waals surface area contributed by atoms with Crippen LogP contribution in [0.2, 0.25) is 0 Å². The van der Waals surface area contributed by atoms with E-state index in [0.717, 1.165) is 5.56 Å². The molecule has 1 aromatic rings. The number of hydrogen-bond acceptors (Lipinski definition) is 4. The molecule has 0 spiro atoms. The van der Waals surface area contributed by atoms with Gasteiger partial charge in [0.05, 0.1) is 16.8 Å². The molecule has 1 atom stereocenters. The summed E-state index contributed by atoms with van der Waals surface area (Å²) < 4.78 is 23.3. The van der Waals surface area contributed by atoms with Crippen molar-refractivity contribution < 1.29 is 13.5 Å². The molecule has 100 valence electrons. The van der Waals surface area contributed by atoms with Crippen LogP contribution in [0.4, 0.5) is 0 Å². The van der Waals surface area contributed by atoms with Crippen LogP contribution in [-0.4, -0.2) is 31.9 Å². The van der Waals surface area contributed by atoms with Crippen LogP contribution in [-0.2, 0) is 9.84 Å². The minimum Gasteiger partial charge on any atom is -0.387 e. The third kappa shape index (κ3) is 3.31. The number of rotatable bonds is 6. The zero-order valence-electron chi connectivity index (χ0n) is 10.5. The summed E-state index contributed by atoms with van der Waals surface area (Å²) in [5, 5.41) is 13.2. The third-order valence-electron chi connectivity index (χ3n) is 3.18. The first kappa shape index (κ1) is 13.5. The summed E-state index contributed by atoms with van der Waals surface area (Å²) in [6, 6.07) is 7.05. The van der Waals surface area contributed by atoms with E-state index >= 15 is 0 Å². The van der Waals surface area contributed by atoms with E-state index in [1.807, 2.05) is 0 Å². The number of aliphatic hydroxyl groups excluding tert-OH is 1. The zero-order chi connectivity index (χ0) is 13.2. The standard InChI is InChI=1S/C13H19NO3S/c1-2-18(16,17)12-7-3-10(4-8-12)13(15)9-14-11-5-6-11/h3-4,7-8,11,13-15H,2,5-6,9H2,1H3. The van der Waals surface area contributed by atoms with Gasteiger partial charge >= 0.3 is 0 Å². The molecule has 1 fully saturated rings. The van der Waals surface area contributed by atoms with E-state index in [0.29, 0.717) is 17.5 Å². The molecule has 0 aliphatic heterocycles. The van der Waals surface area contributed by atoms with Gasteiger partial charge in [0.15, 0.2) is 9.84 Å². The van der Waals surface area contributed by atoms with E-state index in [9.17, 15) is 13.5 Å². The maximum absolute atomic E-state index is 11.6. The Morgan fingerprint density at radius 1 is 1.33 bits per heavy atom. The monoisotopic (exact) mass is 269 g/mol. The molecule has 1 unspecified atom stereocenters. The number of aliphatic hydroxyl groups is 1. The van der Waals surface area contributed by atoms with Crippen LogP contribution in [0.3, 0.4) is 0 Å². The second kappa shape index (κ2) is 5.38. The summed E-state index contributed by atoms with van der Waals surface area (Å²) in [7, 11) is -3.15. The molecule has 1 aromatic carbocycles. The minimum atomic E-state index is -3.15. The van der Waals surface area contributed by atoms with Gasteiger partial charge in [-0.05, 0) is 30.5 Å². The van der Waals surface area contributed by atoms with Crippen LogP contribution >= 0.6 is 0 Å². The number of sulfone groups is 1. The Labute approximate surface area is 108 Å². The van der Waals surface area contributed by atoms with E-state index in [1.165, 1.54) is 12.8 Å². The van der Waals surface area contributed by atoms with Crippen LogP contribution in [0.1, 0.15) is 31.4 Å². The van der Waals surface area contributed by atoms with Crippen molar-refractivity contribution in [3.05, 3.63) is 29.8 Å². The molecular weight excluding hydrogens is 250 g/mol. The lowest BCUT2D eigenvalue weighted by Crippen LogP contribution is -2.23. The van der Waals surface area contributed by atoms with Crippen LogP contribution in [0, 0.1) is 0 Å². The van der Waals surface area contributed by atoms with Gasteiger partial charge in [-0.1, -0.05) is 19.1 Å². The predicted octanol–water partition coefficient (Wildman–Crippen LogP) is 1.27. The molecule has 2 N–H and O–H groups in total. The Kier molecular flexibility index (Phi) is 4.04. The number of benzene rings is 1. The number of nitrogens with one attached hydrogen (secondary N) is 1. The van der Waals surface area contributed by atoms with Gasteiger partial charge in [-0.3, -0.25) is 0 Å². The lowest BCUT2D eigenvalue weighted by molar-refractivity contribution is 0.174. The second-order valence-electron chi connectivity index (χ2n) is 4.67. The Morgan fingerprint density at radius 2 is 1.94 bits per heavy atom. The Balaban J connectivity index is 2.01. The molecule has 18 heavy (non-hydrogen) atoms. The van der Waals surface area contributed by atoms with Gasteiger partial charge in [-0.2, -0.15) is 0 Å².